The summed E-state index contributed by atoms with van der Waals surface area (Å²) in [4.78, 5) is 0. The van der Waals surface area contributed by atoms with Gasteiger partial charge >= 0.3 is 7.32 Å². The molecular formula is C11H11BO4. The van der Waals surface area contributed by atoms with E-state index < -0.39 is 7.32 Å². The molecule has 0 aliphatic heterocycles. The Morgan fingerprint density at radius 1 is 1.00 bits per heavy atom. The first kappa shape index (κ1) is 10.8. The predicted octanol–water partition coefficient (Wildman–Crippen LogP) is 1.20. The van der Waals surface area contributed by atoms with Gasteiger partial charge in [-0.15, -0.1) is 0 Å². The van der Waals surface area contributed by atoms with E-state index in [9.17, 15) is 0 Å². The van der Waals surface area contributed by atoms with Crippen LogP contribution in [0.3, 0.4) is 0 Å². The summed E-state index contributed by atoms with van der Waals surface area (Å²) in [7, 11) is -0.351. The summed E-state index contributed by atoms with van der Waals surface area (Å²) >= 11 is 0. The molecule has 0 unspecified atom stereocenters. The fourth-order valence-electron chi connectivity index (χ4n) is 1.56. The van der Waals surface area contributed by atoms with E-state index in [-0.39, 0.29) is 0 Å². The van der Waals surface area contributed by atoms with E-state index in [4.69, 9.17) is 19.4 Å². The van der Waals surface area contributed by atoms with Gasteiger partial charge in [0.1, 0.15) is 5.75 Å². The quantitative estimate of drug-likeness (QED) is 0.759. The molecule has 0 atom stereocenters. The second-order valence-electron chi connectivity index (χ2n) is 3.29. The number of benzene rings is 2. The van der Waals surface area contributed by atoms with Gasteiger partial charge in [0, 0.05) is 0 Å². The topological polar surface area (TPSA) is 58.9 Å². The van der Waals surface area contributed by atoms with Crippen molar-refractivity contribution < 1.29 is 19.4 Å². The highest BCUT2D eigenvalue weighted by molar-refractivity contribution is 6.33. The molecular weight excluding hydrogens is 207 g/mol. The van der Waals surface area contributed by atoms with Crippen LogP contribution in [0.15, 0.2) is 36.4 Å². The van der Waals surface area contributed by atoms with Gasteiger partial charge in [-0.3, -0.25) is 0 Å². The highest BCUT2D eigenvalue weighted by Gasteiger charge is 2.15. The van der Waals surface area contributed by atoms with E-state index in [0.29, 0.717) is 11.5 Å². The zero-order valence-corrected chi connectivity index (χ0v) is 8.75. The number of methoxy groups -OCH3 is 1. The molecule has 0 saturated heterocycles. The van der Waals surface area contributed by atoms with Crippen molar-refractivity contribution in [3.05, 3.63) is 36.4 Å². The van der Waals surface area contributed by atoms with Crippen LogP contribution in [0, 0.1) is 0 Å². The van der Waals surface area contributed by atoms with E-state index in [2.05, 4.69) is 0 Å². The first-order valence-corrected chi connectivity index (χ1v) is 4.80. The standard InChI is InChI=1S/C11H11BO4/c1-15-10-6-8-4-2-3-5-9(8)7-11(10)16-12(13)14/h2-7,13-14H,1H3. The molecule has 0 fully saturated rings. The Labute approximate surface area is 93.2 Å². The van der Waals surface area contributed by atoms with Crippen LogP contribution in [0.2, 0.25) is 0 Å². The van der Waals surface area contributed by atoms with Gasteiger partial charge in [0.05, 0.1) is 7.11 Å². The lowest BCUT2D eigenvalue weighted by molar-refractivity contribution is 0.280. The molecule has 0 saturated carbocycles. The lowest BCUT2D eigenvalue weighted by Gasteiger charge is -2.11. The lowest BCUT2D eigenvalue weighted by Crippen LogP contribution is -2.20. The van der Waals surface area contributed by atoms with Crippen LogP contribution < -0.4 is 9.39 Å². The third-order valence-electron chi connectivity index (χ3n) is 2.26. The van der Waals surface area contributed by atoms with Crippen LogP contribution in [0.1, 0.15) is 0 Å². The minimum absolute atomic E-state index is 0.302. The summed E-state index contributed by atoms with van der Waals surface area (Å²) in [5, 5.41) is 19.5. The molecule has 2 N–H and O–H groups in total. The van der Waals surface area contributed by atoms with E-state index in [1.54, 1.807) is 12.1 Å². The maximum absolute atomic E-state index is 8.78. The van der Waals surface area contributed by atoms with Crippen LogP contribution in [-0.4, -0.2) is 24.5 Å². The van der Waals surface area contributed by atoms with Gasteiger partial charge in [0.2, 0.25) is 0 Å². The van der Waals surface area contributed by atoms with Crippen molar-refractivity contribution in [2.45, 2.75) is 0 Å². The summed E-state index contributed by atoms with van der Waals surface area (Å²) in [6.45, 7) is 0. The summed E-state index contributed by atoms with van der Waals surface area (Å²) in [6.07, 6.45) is 0. The second kappa shape index (κ2) is 4.43. The summed E-state index contributed by atoms with van der Waals surface area (Å²) in [5.41, 5.74) is 0. The molecule has 0 spiro atoms. The van der Waals surface area contributed by atoms with Gasteiger partial charge in [-0.25, -0.2) is 0 Å². The normalized spacial score (nSPS) is 10.2. The van der Waals surface area contributed by atoms with Crippen molar-refractivity contribution in [2.75, 3.05) is 7.11 Å². The Balaban J connectivity index is 2.53. The lowest BCUT2D eigenvalue weighted by atomic mass is 10.1. The van der Waals surface area contributed by atoms with Crippen LogP contribution in [0.25, 0.3) is 10.8 Å². The monoisotopic (exact) mass is 218 g/mol. The molecule has 0 amide bonds. The summed E-state index contributed by atoms with van der Waals surface area (Å²) < 4.78 is 9.94. The third-order valence-corrected chi connectivity index (χ3v) is 2.26. The zero-order chi connectivity index (χ0) is 11.5. The first-order chi connectivity index (χ1) is 7.70. The van der Waals surface area contributed by atoms with Crippen molar-refractivity contribution in [3.8, 4) is 11.5 Å². The summed E-state index contributed by atoms with van der Waals surface area (Å²) in [5.74, 6) is 0.767. The Morgan fingerprint density at radius 3 is 2.06 bits per heavy atom. The molecule has 0 aromatic heterocycles. The van der Waals surface area contributed by atoms with Crippen molar-refractivity contribution in [2.24, 2.45) is 0 Å². The van der Waals surface area contributed by atoms with E-state index >= 15 is 0 Å². The molecule has 16 heavy (non-hydrogen) atoms. The third kappa shape index (κ3) is 2.10. The Hall–Kier alpha value is -1.72. The molecule has 0 aliphatic rings. The number of hydrogen-bond donors (Lipinski definition) is 2. The number of rotatable bonds is 3. The van der Waals surface area contributed by atoms with E-state index in [1.165, 1.54) is 7.11 Å². The fourth-order valence-corrected chi connectivity index (χ4v) is 1.56. The highest BCUT2D eigenvalue weighted by Crippen LogP contribution is 2.32. The van der Waals surface area contributed by atoms with E-state index in [0.717, 1.165) is 10.8 Å². The number of hydrogen-bond acceptors (Lipinski definition) is 4. The van der Waals surface area contributed by atoms with Crippen LogP contribution in [-0.2, 0) is 0 Å². The molecule has 0 aliphatic carbocycles. The minimum atomic E-state index is -1.85. The Kier molecular flexibility index (Phi) is 2.98. The molecule has 0 bridgehead atoms. The molecule has 2 aromatic rings. The smallest absolute Gasteiger partial charge is 0.509 e. The maximum atomic E-state index is 8.78. The first-order valence-electron chi connectivity index (χ1n) is 4.80. The molecule has 0 heterocycles. The number of fused-ring (bicyclic) bond motifs is 1. The SMILES string of the molecule is COc1cc2ccccc2cc1OB(O)O. The largest absolute Gasteiger partial charge is 0.707 e. The van der Waals surface area contributed by atoms with Crippen molar-refractivity contribution in [1.82, 2.24) is 0 Å². The van der Waals surface area contributed by atoms with Gasteiger partial charge in [-0.1, -0.05) is 24.3 Å². The Morgan fingerprint density at radius 2 is 1.56 bits per heavy atom. The predicted molar refractivity (Wildman–Crippen MR) is 61.3 cm³/mol. The van der Waals surface area contributed by atoms with Gasteiger partial charge in [-0.05, 0) is 22.9 Å². The molecule has 4 nitrogen and oxygen atoms in total. The van der Waals surface area contributed by atoms with Gasteiger partial charge < -0.3 is 19.4 Å². The molecule has 0 radical (unpaired) electrons. The zero-order valence-electron chi connectivity index (χ0n) is 8.75. The average molecular weight is 218 g/mol. The van der Waals surface area contributed by atoms with Crippen LogP contribution in [0.4, 0.5) is 0 Å². The molecule has 2 aromatic carbocycles. The number of ether oxygens (including phenoxy) is 1. The van der Waals surface area contributed by atoms with Gasteiger partial charge in [-0.2, -0.15) is 0 Å². The van der Waals surface area contributed by atoms with Crippen molar-refractivity contribution in [3.63, 3.8) is 0 Å². The molecule has 2 rings (SSSR count). The van der Waals surface area contributed by atoms with Crippen LogP contribution >= 0.6 is 0 Å². The molecule has 82 valence electrons. The van der Waals surface area contributed by atoms with Gasteiger partial charge in [0.15, 0.2) is 5.75 Å². The maximum Gasteiger partial charge on any atom is 0.707 e. The highest BCUT2D eigenvalue weighted by atomic mass is 16.6. The van der Waals surface area contributed by atoms with Crippen molar-refractivity contribution >= 4 is 18.1 Å². The average Bonchev–Trinajstić information content (AvgIpc) is 2.27. The Bertz CT molecular complexity index is 498. The minimum Gasteiger partial charge on any atom is -0.509 e. The van der Waals surface area contributed by atoms with E-state index in [1.807, 2.05) is 24.3 Å². The second-order valence-corrected chi connectivity index (χ2v) is 3.29. The van der Waals surface area contributed by atoms with Crippen LogP contribution in [0.5, 0.6) is 11.5 Å². The molecule has 5 heteroatoms. The fraction of sp³-hybridized carbons (Fsp3) is 0.0909. The van der Waals surface area contributed by atoms with Crippen molar-refractivity contribution in [1.29, 1.82) is 0 Å². The van der Waals surface area contributed by atoms with Gasteiger partial charge in [0.25, 0.3) is 0 Å². The summed E-state index contributed by atoms with van der Waals surface area (Å²) in [6, 6.07) is 11.2.